The molecule has 0 spiro atoms. The normalized spacial score (nSPS) is 10.5. The van der Waals surface area contributed by atoms with Crippen LogP contribution < -0.4 is 14.8 Å². The lowest BCUT2D eigenvalue weighted by Gasteiger charge is -2.14. The van der Waals surface area contributed by atoms with Crippen LogP contribution in [0.3, 0.4) is 0 Å². The van der Waals surface area contributed by atoms with Gasteiger partial charge in [-0.25, -0.2) is 0 Å². The Bertz CT molecular complexity index is 822. The lowest BCUT2D eigenvalue weighted by atomic mass is 10.2. The van der Waals surface area contributed by atoms with Crippen molar-refractivity contribution in [2.75, 3.05) is 7.11 Å². The van der Waals surface area contributed by atoms with Gasteiger partial charge in [0.05, 0.1) is 7.11 Å². The quantitative estimate of drug-likeness (QED) is 0.543. The Labute approximate surface area is 163 Å². The van der Waals surface area contributed by atoms with Crippen molar-refractivity contribution in [3.63, 3.8) is 0 Å². The van der Waals surface area contributed by atoms with E-state index in [0.717, 1.165) is 40.2 Å². The maximum Gasteiger partial charge on any atom is 0.162 e. The number of rotatable bonds is 8. The zero-order valence-electron chi connectivity index (χ0n) is 14.7. The number of nitrogens with one attached hydrogen (secondary N) is 1. The van der Waals surface area contributed by atoms with Gasteiger partial charge in [0.15, 0.2) is 11.5 Å². The molecule has 0 bridgehead atoms. The highest BCUT2D eigenvalue weighted by molar-refractivity contribution is 9.10. The maximum atomic E-state index is 5.95. The zero-order chi connectivity index (χ0) is 18.2. The summed E-state index contributed by atoms with van der Waals surface area (Å²) in [6, 6.07) is 24.4. The summed E-state index contributed by atoms with van der Waals surface area (Å²) in [5.74, 6) is 1.47. The van der Waals surface area contributed by atoms with E-state index in [1.807, 2.05) is 48.5 Å². The van der Waals surface area contributed by atoms with E-state index in [1.54, 1.807) is 7.11 Å². The van der Waals surface area contributed by atoms with Gasteiger partial charge in [-0.05, 0) is 28.8 Å². The maximum absolute atomic E-state index is 5.95. The number of benzene rings is 3. The summed E-state index contributed by atoms with van der Waals surface area (Å²) in [6.45, 7) is 2.07. The van der Waals surface area contributed by atoms with Gasteiger partial charge < -0.3 is 14.8 Å². The van der Waals surface area contributed by atoms with Crippen molar-refractivity contribution in [2.45, 2.75) is 19.7 Å². The minimum Gasteiger partial charge on any atom is -0.493 e. The first kappa shape index (κ1) is 18.5. The van der Waals surface area contributed by atoms with Crippen LogP contribution in [0.5, 0.6) is 11.5 Å². The van der Waals surface area contributed by atoms with Crippen LogP contribution >= 0.6 is 15.9 Å². The Kier molecular flexibility index (Phi) is 6.69. The average Bonchev–Trinajstić information content (AvgIpc) is 2.69. The molecule has 0 amide bonds. The minimum atomic E-state index is 0.509. The van der Waals surface area contributed by atoms with Gasteiger partial charge in [0.2, 0.25) is 0 Å². The molecule has 26 heavy (non-hydrogen) atoms. The van der Waals surface area contributed by atoms with Crippen LogP contribution in [-0.4, -0.2) is 7.11 Å². The molecule has 0 fully saturated rings. The van der Waals surface area contributed by atoms with Crippen molar-refractivity contribution >= 4 is 15.9 Å². The van der Waals surface area contributed by atoms with E-state index in [9.17, 15) is 0 Å². The van der Waals surface area contributed by atoms with E-state index in [0.29, 0.717) is 6.61 Å². The summed E-state index contributed by atoms with van der Waals surface area (Å²) in [4.78, 5) is 0. The molecule has 3 nitrogen and oxygen atoms in total. The monoisotopic (exact) mass is 411 g/mol. The number of hydrogen-bond donors (Lipinski definition) is 1. The fraction of sp³-hybridized carbons (Fsp3) is 0.182. The molecule has 0 aliphatic rings. The number of hydrogen-bond acceptors (Lipinski definition) is 3. The molecule has 134 valence electrons. The van der Waals surface area contributed by atoms with E-state index in [2.05, 4.69) is 45.5 Å². The van der Waals surface area contributed by atoms with Gasteiger partial charge in [0.25, 0.3) is 0 Å². The highest BCUT2D eigenvalue weighted by Crippen LogP contribution is 2.34. The van der Waals surface area contributed by atoms with Gasteiger partial charge in [-0.1, -0.05) is 76.6 Å². The summed E-state index contributed by atoms with van der Waals surface area (Å²) < 4.78 is 12.5. The second-order valence-electron chi connectivity index (χ2n) is 5.96. The number of ether oxygens (including phenoxy) is 2. The van der Waals surface area contributed by atoms with Crippen LogP contribution in [0.4, 0.5) is 0 Å². The van der Waals surface area contributed by atoms with Gasteiger partial charge in [-0.2, -0.15) is 0 Å². The molecule has 1 N–H and O–H groups in total. The summed E-state index contributed by atoms with van der Waals surface area (Å²) in [7, 11) is 1.67. The van der Waals surface area contributed by atoms with E-state index < -0.39 is 0 Å². The Morgan fingerprint density at radius 1 is 0.808 bits per heavy atom. The SMILES string of the molecule is COc1cc(CNCc2ccccc2)c(Br)cc1OCc1ccccc1. The fourth-order valence-corrected chi connectivity index (χ4v) is 3.12. The first-order chi connectivity index (χ1) is 12.8. The van der Waals surface area contributed by atoms with E-state index in [-0.39, 0.29) is 0 Å². The van der Waals surface area contributed by atoms with Gasteiger partial charge >= 0.3 is 0 Å². The summed E-state index contributed by atoms with van der Waals surface area (Å²) in [5, 5.41) is 3.46. The molecule has 3 aromatic rings. The van der Waals surface area contributed by atoms with Crippen molar-refractivity contribution in [1.82, 2.24) is 5.32 Å². The standard InChI is InChI=1S/C22H22BrNO2/c1-25-21-12-19(15-24-14-17-8-4-2-5-9-17)20(23)13-22(21)26-16-18-10-6-3-7-11-18/h2-13,24H,14-16H2,1H3. The molecule has 0 saturated carbocycles. The van der Waals surface area contributed by atoms with Gasteiger partial charge in [-0.3, -0.25) is 0 Å². The van der Waals surface area contributed by atoms with Crippen molar-refractivity contribution < 1.29 is 9.47 Å². The first-order valence-corrected chi connectivity index (χ1v) is 9.33. The minimum absolute atomic E-state index is 0.509. The van der Waals surface area contributed by atoms with Crippen molar-refractivity contribution in [3.8, 4) is 11.5 Å². The van der Waals surface area contributed by atoms with E-state index in [4.69, 9.17) is 9.47 Å². The van der Waals surface area contributed by atoms with Gasteiger partial charge in [-0.15, -0.1) is 0 Å². The van der Waals surface area contributed by atoms with E-state index >= 15 is 0 Å². The Morgan fingerprint density at radius 2 is 1.46 bits per heavy atom. The van der Waals surface area contributed by atoms with Crippen LogP contribution in [0.2, 0.25) is 0 Å². The smallest absolute Gasteiger partial charge is 0.162 e. The summed E-state index contributed by atoms with van der Waals surface area (Å²) in [5.41, 5.74) is 3.52. The third kappa shape index (κ3) is 5.10. The topological polar surface area (TPSA) is 30.5 Å². The van der Waals surface area contributed by atoms with E-state index in [1.165, 1.54) is 5.56 Å². The predicted octanol–water partition coefficient (Wildman–Crippen LogP) is 5.33. The van der Waals surface area contributed by atoms with Crippen molar-refractivity contribution in [1.29, 1.82) is 0 Å². The number of methoxy groups -OCH3 is 1. The van der Waals surface area contributed by atoms with Crippen LogP contribution in [0.1, 0.15) is 16.7 Å². The van der Waals surface area contributed by atoms with Gasteiger partial charge in [0.1, 0.15) is 6.61 Å². The van der Waals surface area contributed by atoms with Crippen LogP contribution in [0, 0.1) is 0 Å². The molecule has 0 saturated heterocycles. The second-order valence-corrected chi connectivity index (χ2v) is 6.81. The highest BCUT2D eigenvalue weighted by Gasteiger charge is 2.10. The largest absolute Gasteiger partial charge is 0.493 e. The molecule has 0 radical (unpaired) electrons. The molecular formula is C22H22BrNO2. The van der Waals surface area contributed by atoms with Crippen molar-refractivity contribution in [2.24, 2.45) is 0 Å². The molecule has 0 atom stereocenters. The average molecular weight is 412 g/mol. The first-order valence-electron chi connectivity index (χ1n) is 8.54. The zero-order valence-corrected chi connectivity index (χ0v) is 16.3. The lowest BCUT2D eigenvalue weighted by Crippen LogP contribution is -2.13. The third-order valence-electron chi connectivity index (χ3n) is 4.06. The molecule has 0 unspecified atom stereocenters. The Balaban J connectivity index is 1.64. The fourth-order valence-electron chi connectivity index (χ4n) is 2.66. The predicted molar refractivity (Wildman–Crippen MR) is 108 cm³/mol. The Hall–Kier alpha value is -2.30. The van der Waals surface area contributed by atoms with Crippen LogP contribution in [0.15, 0.2) is 77.3 Å². The summed E-state index contributed by atoms with van der Waals surface area (Å²) in [6.07, 6.45) is 0. The molecule has 3 aromatic carbocycles. The molecule has 0 aliphatic carbocycles. The van der Waals surface area contributed by atoms with Gasteiger partial charge in [0, 0.05) is 17.6 Å². The Morgan fingerprint density at radius 3 is 2.12 bits per heavy atom. The molecule has 3 rings (SSSR count). The molecular weight excluding hydrogens is 390 g/mol. The van der Waals surface area contributed by atoms with Crippen LogP contribution in [0.25, 0.3) is 0 Å². The summed E-state index contributed by atoms with van der Waals surface area (Å²) >= 11 is 3.65. The molecule has 0 aromatic heterocycles. The third-order valence-corrected chi connectivity index (χ3v) is 4.80. The second kappa shape index (κ2) is 9.41. The van der Waals surface area contributed by atoms with Crippen molar-refractivity contribution in [3.05, 3.63) is 94.0 Å². The van der Waals surface area contributed by atoms with Crippen LogP contribution in [-0.2, 0) is 19.7 Å². The molecule has 0 aliphatic heterocycles. The highest BCUT2D eigenvalue weighted by atomic mass is 79.9. The lowest BCUT2D eigenvalue weighted by molar-refractivity contribution is 0.284. The molecule has 0 heterocycles. The number of halogens is 1. The molecule has 4 heteroatoms.